The molecule has 1 N–H and O–H groups in total. The molecular formula is C22H20N2O3. The minimum Gasteiger partial charge on any atom is -0.473 e. The van der Waals surface area contributed by atoms with Crippen LogP contribution < -0.4 is 4.74 Å². The van der Waals surface area contributed by atoms with Crippen LogP contribution in [-0.4, -0.2) is 34.2 Å². The molecule has 2 aromatic carbocycles. The average Bonchev–Trinajstić information content (AvgIpc) is 2.72. The van der Waals surface area contributed by atoms with Gasteiger partial charge in [0.15, 0.2) is 0 Å². The Morgan fingerprint density at radius 1 is 1.07 bits per heavy atom. The number of fused-ring (bicyclic) bond motifs is 1. The smallest absolute Gasteiger partial charge is 0.407 e. The molecule has 0 spiro atoms. The second kappa shape index (κ2) is 7.50. The first-order valence-corrected chi connectivity index (χ1v) is 8.94. The largest absolute Gasteiger partial charge is 0.473 e. The van der Waals surface area contributed by atoms with Crippen molar-refractivity contribution in [1.29, 1.82) is 0 Å². The van der Waals surface area contributed by atoms with Crippen molar-refractivity contribution in [3.8, 4) is 5.88 Å². The highest BCUT2D eigenvalue weighted by Crippen LogP contribution is 2.29. The quantitative estimate of drug-likeness (QED) is 0.740. The number of benzene rings is 2. The molecule has 0 atom stereocenters. The number of pyridine rings is 1. The Bertz CT molecular complexity index is 999. The highest BCUT2D eigenvalue weighted by atomic mass is 16.5. The highest BCUT2D eigenvalue weighted by Gasteiger charge is 2.18. The van der Waals surface area contributed by atoms with E-state index in [2.05, 4.69) is 0 Å². The number of para-hydroxylation sites is 1. The van der Waals surface area contributed by atoms with Gasteiger partial charge in [-0.1, -0.05) is 54.6 Å². The van der Waals surface area contributed by atoms with Crippen LogP contribution in [0, 0.1) is 0 Å². The van der Waals surface area contributed by atoms with Gasteiger partial charge in [0.2, 0.25) is 5.88 Å². The van der Waals surface area contributed by atoms with Gasteiger partial charge in [-0.25, -0.2) is 9.78 Å². The van der Waals surface area contributed by atoms with Crippen LogP contribution in [0.15, 0.2) is 66.7 Å². The van der Waals surface area contributed by atoms with Gasteiger partial charge < -0.3 is 14.7 Å². The van der Waals surface area contributed by atoms with Gasteiger partial charge in [-0.15, -0.1) is 0 Å². The predicted molar refractivity (Wildman–Crippen MR) is 105 cm³/mol. The molecule has 27 heavy (non-hydrogen) atoms. The lowest BCUT2D eigenvalue weighted by Crippen LogP contribution is -2.33. The number of amides is 1. The molecule has 136 valence electrons. The third kappa shape index (κ3) is 3.77. The van der Waals surface area contributed by atoms with Crippen molar-refractivity contribution in [2.45, 2.75) is 13.0 Å². The van der Waals surface area contributed by atoms with Crippen LogP contribution in [0.2, 0.25) is 0 Å². The topological polar surface area (TPSA) is 62.7 Å². The Balaban J connectivity index is 1.61. The Labute approximate surface area is 157 Å². The highest BCUT2D eigenvalue weighted by molar-refractivity contribution is 5.91. The summed E-state index contributed by atoms with van der Waals surface area (Å²) >= 11 is 0. The number of hydrogen-bond donors (Lipinski definition) is 1. The van der Waals surface area contributed by atoms with Gasteiger partial charge in [0.25, 0.3) is 0 Å². The number of ether oxygens (including phenoxy) is 1. The van der Waals surface area contributed by atoms with E-state index in [1.165, 1.54) is 4.90 Å². The molecule has 0 bridgehead atoms. The van der Waals surface area contributed by atoms with E-state index in [4.69, 9.17) is 14.8 Å². The summed E-state index contributed by atoms with van der Waals surface area (Å²) < 4.78 is 5.87. The number of carboxylic acid groups (broad SMARTS) is 1. The number of aromatic nitrogens is 1. The standard InChI is InChI=1S/C22H20N2O3/c25-22(26)24-13-11-17(12-14-24)19-8-4-7-18-9-10-20(23-21(18)19)27-15-16-5-2-1-3-6-16/h1-11H,12-15H2,(H,25,26). The zero-order valence-electron chi connectivity index (χ0n) is 14.8. The van der Waals surface area contributed by atoms with Crippen molar-refractivity contribution in [3.05, 3.63) is 77.9 Å². The van der Waals surface area contributed by atoms with Crippen molar-refractivity contribution in [3.63, 3.8) is 0 Å². The molecule has 4 rings (SSSR count). The van der Waals surface area contributed by atoms with Crippen LogP contribution in [-0.2, 0) is 6.61 Å². The molecule has 5 heteroatoms. The van der Waals surface area contributed by atoms with Gasteiger partial charge in [-0.2, -0.15) is 0 Å². The number of nitrogens with zero attached hydrogens (tertiary/aromatic N) is 2. The number of rotatable bonds is 4. The summed E-state index contributed by atoms with van der Waals surface area (Å²) in [5.74, 6) is 0.586. The second-order valence-electron chi connectivity index (χ2n) is 6.51. The molecule has 0 fully saturated rings. The zero-order chi connectivity index (χ0) is 18.6. The summed E-state index contributed by atoms with van der Waals surface area (Å²) in [5.41, 5.74) is 4.16. The fourth-order valence-electron chi connectivity index (χ4n) is 3.29. The van der Waals surface area contributed by atoms with Crippen molar-refractivity contribution >= 4 is 22.6 Å². The molecule has 1 aromatic heterocycles. The fourth-order valence-corrected chi connectivity index (χ4v) is 3.29. The number of hydrogen-bond acceptors (Lipinski definition) is 3. The Morgan fingerprint density at radius 2 is 1.93 bits per heavy atom. The summed E-state index contributed by atoms with van der Waals surface area (Å²) in [6.45, 7) is 1.38. The molecule has 3 aromatic rings. The van der Waals surface area contributed by atoms with Crippen molar-refractivity contribution in [2.24, 2.45) is 0 Å². The third-order valence-corrected chi connectivity index (χ3v) is 4.75. The van der Waals surface area contributed by atoms with E-state index in [0.717, 1.165) is 27.6 Å². The molecule has 1 amide bonds. The minimum absolute atomic E-state index is 0.408. The van der Waals surface area contributed by atoms with Gasteiger partial charge in [0, 0.05) is 30.1 Å². The van der Waals surface area contributed by atoms with Crippen molar-refractivity contribution in [2.75, 3.05) is 13.1 Å². The normalized spacial score (nSPS) is 14.1. The molecular weight excluding hydrogens is 340 g/mol. The van der Waals surface area contributed by atoms with E-state index >= 15 is 0 Å². The van der Waals surface area contributed by atoms with Crippen LogP contribution in [0.25, 0.3) is 16.5 Å². The molecule has 1 aliphatic heterocycles. The molecule has 5 nitrogen and oxygen atoms in total. The van der Waals surface area contributed by atoms with Crippen LogP contribution in [0.4, 0.5) is 4.79 Å². The van der Waals surface area contributed by atoms with E-state index in [1.54, 1.807) is 0 Å². The summed E-state index contributed by atoms with van der Waals surface area (Å²) in [6.07, 6.45) is 1.78. The summed E-state index contributed by atoms with van der Waals surface area (Å²) in [7, 11) is 0. The van der Waals surface area contributed by atoms with Crippen molar-refractivity contribution < 1.29 is 14.6 Å². The van der Waals surface area contributed by atoms with Gasteiger partial charge in [-0.05, 0) is 23.6 Å². The molecule has 0 aliphatic carbocycles. The van der Waals surface area contributed by atoms with E-state index in [0.29, 0.717) is 32.0 Å². The van der Waals surface area contributed by atoms with Gasteiger partial charge in [0.1, 0.15) is 6.61 Å². The maximum absolute atomic E-state index is 11.1. The summed E-state index contributed by atoms with van der Waals surface area (Å²) in [5, 5.41) is 10.2. The van der Waals surface area contributed by atoms with Gasteiger partial charge in [0.05, 0.1) is 5.52 Å². The van der Waals surface area contributed by atoms with Gasteiger partial charge in [-0.3, -0.25) is 0 Å². The first kappa shape index (κ1) is 17.1. The maximum Gasteiger partial charge on any atom is 0.407 e. The van der Waals surface area contributed by atoms with Crippen LogP contribution in [0.5, 0.6) is 5.88 Å². The molecule has 2 heterocycles. The first-order valence-electron chi connectivity index (χ1n) is 8.94. The maximum atomic E-state index is 11.1. The second-order valence-corrected chi connectivity index (χ2v) is 6.51. The Morgan fingerprint density at radius 3 is 2.67 bits per heavy atom. The van der Waals surface area contributed by atoms with Crippen LogP contribution >= 0.6 is 0 Å². The Kier molecular flexibility index (Phi) is 4.75. The average molecular weight is 360 g/mol. The van der Waals surface area contributed by atoms with Gasteiger partial charge >= 0.3 is 6.09 Å². The van der Waals surface area contributed by atoms with Crippen LogP contribution in [0.3, 0.4) is 0 Å². The SMILES string of the molecule is O=C(O)N1CC=C(c2cccc3ccc(OCc4ccccc4)nc23)CC1. The predicted octanol–water partition coefficient (Wildman–Crippen LogP) is 4.58. The third-order valence-electron chi connectivity index (χ3n) is 4.75. The molecule has 0 saturated carbocycles. The van der Waals surface area contributed by atoms with E-state index < -0.39 is 6.09 Å². The van der Waals surface area contributed by atoms with E-state index in [9.17, 15) is 4.79 Å². The van der Waals surface area contributed by atoms with E-state index in [1.807, 2.05) is 66.7 Å². The lowest BCUT2D eigenvalue weighted by Gasteiger charge is -2.24. The molecule has 1 aliphatic rings. The molecule has 0 saturated heterocycles. The lowest BCUT2D eigenvalue weighted by molar-refractivity contribution is 0.150. The fraction of sp³-hybridized carbons (Fsp3) is 0.182. The van der Waals surface area contributed by atoms with Crippen molar-refractivity contribution in [1.82, 2.24) is 9.88 Å². The molecule has 0 unspecified atom stereocenters. The zero-order valence-corrected chi connectivity index (χ0v) is 14.8. The first-order chi connectivity index (χ1) is 13.2. The van der Waals surface area contributed by atoms with E-state index in [-0.39, 0.29) is 0 Å². The lowest BCUT2D eigenvalue weighted by atomic mass is 9.97. The minimum atomic E-state index is -0.877. The Hall–Kier alpha value is -3.34. The van der Waals surface area contributed by atoms with Crippen LogP contribution in [0.1, 0.15) is 17.5 Å². The molecule has 0 radical (unpaired) electrons. The number of carbonyl (C=O) groups is 1. The summed E-state index contributed by atoms with van der Waals surface area (Å²) in [4.78, 5) is 17.3. The summed E-state index contributed by atoms with van der Waals surface area (Å²) in [6, 6.07) is 20.0. The monoisotopic (exact) mass is 360 g/mol.